The fraction of sp³-hybridized carbons (Fsp3) is 0.0833. The third-order valence-corrected chi connectivity index (χ3v) is 5.85. The average Bonchev–Trinajstić information content (AvgIpc) is 3.35. The molecule has 3 aromatic heterocycles. The number of benzene rings is 2. The van der Waals surface area contributed by atoms with Gasteiger partial charge in [-0.2, -0.15) is 5.10 Å². The van der Waals surface area contributed by atoms with Gasteiger partial charge in [-0.3, -0.25) is 19.1 Å². The number of aromatic nitrogens is 4. The Morgan fingerprint density at radius 2 is 1.94 bits per heavy atom. The van der Waals surface area contributed by atoms with E-state index in [0.717, 1.165) is 33.1 Å². The Kier molecular flexibility index (Phi) is 5.07. The molecule has 0 atom stereocenters. The highest BCUT2D eigenvalue weighted by atomic mass is 79.9. The van der Waals surface area contributed by atoms with Crippen molar-refractivity contribution in [3.63, 3.8) is 0 Å². The molecule has 32 heavy (non-hydrogen) atoms. The number of halogens is 1. The van der Waals surface area contributed by atoms with Gasteiger partial charge in [-0.05, 0) is 55.0 Å². The fourth-order valence-corrected chi connectivity index (χ4v) is 3.93. The van der Waals surface area contributed by atoms with Gasteiger partial charge < -0.3 is 5.32 Å². The summed E-state index contributed by atoms with van der Waals surface area (Å²) in [5.74, 6) is -0.158. The van der Waals surface area contributed by atoms with Gasteiger partial charge in [0.05, 0.1) is 27.7 Å². The quantitative estimate of drug-likeness (QED) is 0.301. The van der Waals surface area contributed by atoms with Crippen LogP contribution < -0.4 is 10.9 Å². The molecule has 0 spiro atoms. The number of aryl methyl sites for hydroxylation is 1. The second-order valence-corrected chi connectivity index (χ2v) is 7.96. The summed E-state index contributed by atoms with van der Waals surface area (Å²) >= 11 is 3.17. The van der Waals surface area contributed by atoms with Crippen molar-refractivity contribution >= 4 is 49.3 Å². The van der Waals surface area contributed by atoms with E-state index in [4.69, 9.17) is 0 Å². The number of anilines is 1. The third kappa shape index (κ3) is 3.48. The van der Waals surface area contributed by atoms with Crippen LogP contribution in [0.1, 0.15) is 5.56 Å². The molecule has 8 heteroatoms. The van der Waals surface area contributed by atoms with Gasteiger partial charge in [0, 0.05) is 41.1 Å². The maximum Gasteiger partial charge on any atom is 0.255 e. The lowest BCUT2D eigenvalue weighted by Crippen LogP contribution is -2.19. The van der Waals surface area contributed by atoms with Crippen LogP contribution in [0.3, 0.4) is 0 Å². The normalized spacial score (nSPS) is 11.2. The van der Waals surface area contributed by atoms with Crippen LogP contribution in [0.4, 0.5) is 5.69 Å². The second-order valence-electron chi connectivity index (χ2n) is 7.40. The minimum absolute atomic E-state index is 0.158. The molecule has 0 aliphatic carbocycles. The summed E-state index contributed by atoms with van der Waals surface area (Å²) in [6.07, 6.45) is 5.35. The van der Waals surface area contributed by atoms with Crippen LogP contribution in [0.5, 0.6) is 0 Å². The zero-order valence-corrected chi connectivity index (χ0v) is 18.7. The number of fused-ring (bicyclic) bond motifs is 3. The van der Waals surface area contributed by atoms with Gasteiger partial charge in [0.1, 0.15) is 0 Å². The molecule has 7 nitrogen and oxygen atoms in total. The summed E-state index contributed by atoms with van der Waals surface area (Å²) in [4.78, 5) is 29.6. The van der Waals surface area contributed by atoms with Crippen molar-refractivity contribution < 1.29 is 4.79 Å². The van der Waals surface area contributed by atoms with E-state index in [0.29, 0.717) is 11.4 Å². The molecule has 0 fully saturated rings. The smallest absolute Gasteiger partial charge is 0.255 e. The number of hydrogen-bond acceptors (Lipinski definition) is 4. The lowest BCUT2D eigenvalue weighted by Gasteiger charge is -2.15. The molecule has 158 valence electrons. The van der Waals surface area contributed by atoms with Crippen molar-refractivity contribution in [2.24, 2.45) is 0 Å². The Hall–Kier alpha value is -3.78. The van der Waals surface area contributed by atoms with Crippen molar-refractivity contribution in [3.05, 3.63) is 89.1 Å². The van der Waals surface area contributed by atoms with Gasteiger partial charge in [-0.1, -0.05) is 22.0 Å². The molecular formula is C24H18BrN5O2. The van der Waals surface area contributed by atoms with Gasteiger partial charge >= 0.3 is 0 Å². The van der Waals surface area contributed by atoms with Crippen LogP contribution in [0.25, 0.3) is 33.2 Å². The third-order valence-electron chi connectivity index (χ3n) is 5.34. The van der Waals surface area contributed by atoms with Crippen LogP contribution in [0.15, 0.2) is 78.0 Å². The highest BCUT2D eigenvalue weighted by Crippen LogP contribution is 2.28. The number of amides is 1. The molecule has 0 bridgehead atoms. The summed E-state index contributed by atoms with van der Waals surface area (Å²) in [5.41, 5.74) is 4.44. The van der Waals surface area contributed by atoms with Crippen LogP contribution in [0, 0.1) is 6.92 Å². The molecule has 0 radical (unpaired) electrons. The highest BCUT2D eigenvalue weighted by molar-refractivity contribution is 9.09. The zero-order valence-electron chi connectivity index (χ0n) is 17.1. The van der Waals surface area contributed by atoms with E-state index >= 15 is 0 Å². The van der Waals surface area contributed by atoms with Crippen LogP contribution in [-0.4, -0.2) is 30.6 Å². The SMILES string of the molecule is Cc1ccc(-n2c(=O)ccc3cnc4ccc(-n5cccn5)cc4c32)cc1NC(=O)CBr. The van der Waals surface area contributed by atoms with E-state index in [9.17, 15) is 9.59 Å². The van der Waals surface area contributed by atoms with Crippen LogP contribution >= 0.6 is 15.9 Å². The molecule has 0 unspecified atom stereocenters. The van der Waals surface area contributed by atoms with Gasteiger partial charge in [-0.25, -0.2) is 4.68 Å². The van der Waals surface area contributed by atoms with Gasteiger partial charge in [0.15, 0.2) is 0 Å². The molecular weight excluding hydrogens is 470 g/mol. The number of alkyl halides is 1. The summed E-state index contributed by atoms with van der Waals surface area (Å²) < 4.78 is 3.43. The van der Waals surface area contributed by atoms with Crippen molar-refractivity contribution in [1.82, 2.24) is 19.3 Å². The predicted molar refractivity (Wildman–Crippen MR) is 129 cm³/mol. The number of nitrogens with one attached hydrogen (secondary N) is 1. The first-order chi connectivity index (χ1) is 15.5. The highest BCUT2D eigenvalue weighted by Gasteiger charge is 2.13. The van der Waals surface area contributed by atoms with Gasteiger partial charge in [0.2, 0.25) is 5.91 Å². The minimum atomic E-state index is -0.170. The maximum absolute atomic E-state index is 13.1. The number of carbonyl (C=O) groups is 1. The van der Waals surface area contributed by atoms with E-state index in [1.165, 1.54) is 6.07 Å². The Morgan fingerprint density at radius 3 is 2.72 bits per heavy atom. The predicted octanol–water partition coefficient (Wildman–Crippen LogP) is 4.37. The summed E-state index contributed by atoms with van der Waals surface area (Å²) in [6, 6.07) is 16.6. The number of pyridine rings is 2. The van der Waals surface area contributed by atoms with Gasteiger partial charge in [-0.15, -0.1) is 0 Å². The lowest BCUT2D eigenvalue weighted by atomic mass is 10.1. The first kappa shape index (κ1) is 20.1. The molecule has 0 aliphatic rings. The molecule has 1 N–H and O–H groups in total. The topological polar surface area (TPSA) is 81.8 Å². The first-order valence-corrected chi connectivity index (χ1v) is 11.1. The Labute approximate surface area is 191 Å². The maximum atomic E-state index is 13.1. The molecule has 5 aromatic rings. The summed E-state index contributed by atoms with van der Waals surface area (Å²) in [7, 11) is 0. The molecule has 3 heterocycles. The molecule has 0 saturated heterocycles. The molecule has 0 saturated carbocycles. The van der Waals surface area contributed by atoms with E-state index < -0.39 is 0 Å². The fourth-order valence-electron chi connectivity index (χ4n) is 3.79. The van der Waals surface area contributed by atoms with E-state index in [-0.39, 0.29) is 16.8 Å². The Bertz CT molecular complexity index is 1540. The van der Waals surface area contributed by atoms with Crippen molar-refractivity contribution in [2.45, 2.75) is 6.92 Å². The van der Waals surface area contributed by atoms with Crippen molar-refractivity contribution in [1.29, 1.82) is 0 Å². The van der Waals surface area contributed by atoms with Crippen LogP contribution in [-0.2, 0) is 4.79 Å². The second kappa shape index (κ2) is 8.05. The lowest BCUT2D eigenvalue weighted by molar-refractivity contribution is -0.113. The van der Waals surface area contributed by atoms with E-state index in [2.05, 4.69) is 31.3 Å². The molecule has 0 aliphatic heterocycles. The first-order valence-electron chi connectivity index (χ1n) is 9.96. The standard InChI is InChI=1S/C24H18BrN5O2/c1-15-3-5-18(12-21(15)28-22(31)13-25)30-23(32)8-4-16-14-26-20-7-6-17(11-19(20)24(16)30)29-10-2-9-27-29/h2-12,14H,13H2,1H3,(H,28,31). The summed E-state index contributed by atoms with van der Waals surface area (Å²) in [6.45, 7) is 1.91. The van der Waals surface area contributed by atoms with Crippen molar-refractivity contribution in [3.8, 4) is 11.4 Å². The number of nitrogens with zero attached hydrogens (tertiary/aromatic N) is 4. The minimum Gasteiger partial charge on any atom is -0.325 e. The van der Waals surface area contributed by atoms with Crippen LogP contribution in [0.2, 0.25) is 0 Å². The Morgan fingerprint density at radius 1 is 1.09 bits per heavy atom. The number of carbonyl (C=O) groups excluding carboxylic acids is 1. The van der Waals surface area contributed by atoms with Gasteiger partial charge in [0.25, 0.3) is 5.56 Å². The van der Waals surface area contributed by atoms with Crippen molar-refractivity contribution in [2.75, 3.05) is 10.6 Å². The van der Waals surface area contributed by atoms with E-state index in [1.54, 1.807) is 27.7 Å². The largest absolute Gasteiger partial charge is 0.325 e. The number of hydrogen-bond donors (Lipinski definition) is 1. The molecule has 2 aromatic carbocycles. The molecule has 5 rings (SSSR count). The average molecular weight is 488 g/mol. The number of rotatable bonds is 4. The van der Waals surface area contributed by atoms with E-state index in [1.807, 2.05) is 55.6 Å². The monoisotopic (exact) mass is 487 g/mol. The summed E-state index contributed by atoms with van der Waals surface area (Å²) in [5, 5.41) is 9.05. The zero-order chi connectivity index (χ0) is 22.2. The molecule has 1 amide bonds. The Balaban J connectivity index is 1.80.